The van der Waals surface area contributed by atoms with Crippen LogP contribution in [0.5, 0.6) is 5.75 Å². The highest BCUT2D eigenvalue weighted by Crippen LogP contribution is 2.37. The van der Waals surface area contributed by atoms with E-state index in [9.17, 15) is 18.0 Å². The van der Waals surface area contributed by atoms with Gasteiger partial charge in [0, 0.05) is 36.8 Å². The number of benzene rings is 2. The number of nitriles is 1. The van der Waals surface area contributed by atoms with Gasteiger partial charge in [0.1, 0.15) is 11.4 Å². The summed E-state index contributed by atoms with van der Waals surface area (Å²) in [5.74, 6) is -0.00213. The Morgan fingerprint density at radius 1 is 1.03 bits per heavy atom. The fraction of sp³-hybridized carbons (Fsp3) is 0.269. The number of hydrogen-bond donors (Lipinski definition) is 1. The molecule has 1 N–H and O–H groups in total. The molecule has 2 atom stereocenters. The number of sulfonamides is 1. The highest BCUT2D eigenvalue weighted by atomic mass is 32.2. The molecule has 2 bridgehead atoms. The molecular formula is C26H24N4O5S. The Bertz CT molecular complexity index is 1520. The third-order valence-electron chi connectivity index (χ3n) is 6.79. The van der Waals surface area contributed by atoms with Crippen molar-refractivity contribution in [2.45, 2.75) is 23.8 Å². The third kappa shape index (κ3) is 4.27. The first kappa shape index (κ1) is 23.8. The molecule has 2 aliphatic rings. The zero-order valence-electron chi connectivity index (χ0n) is 19.5. The second-order valence-electron chi connectivity index (χ2n) is 9.03. The molecule has 9 nitrogen and oxygen atoms in total. The zero-order valence-corrected chi connectivity index (χ0v) is 20.4. The predicted molar refractivity (Wildman–Crippen MR) is 132 cm³/mol. The van der Waals surface area contributed by atoms with Gasteiger partial charge in [-0.2, -0.15) is 9.57 Å². The van der Waals surface area contributed by atoms with Crippen molar-refractivity contribution >= 4 is 21.6 Å². The highest BCUT2D eigenvalue weighted by molar-refractivity contribution is 7.89. The number of aromatic nitrogens is 1. The SMILES string of the molecule is COc1ccc(S(=O)(=O)N2C[C@H]3C[C@H](C2)c2ccc(NC(=O)c4ccc(C#N)cc4)c(=O)n2C3)cc1. The summed E-state index contributed by atoms with van der Waals surface area (Å²) < 4.78 is 34.9. The van der Waals surface area contributed by atoms with Crippen molar-refractivity contribution in [3.8, 4) is 11.8 Å². The number of ether oxygens (including phenoxy) is 1. The lowest BCUT2D eigenvalue weighted by molar-refractivity contribution is 0.102. The standard InChI is InChI=1S/C26H24N4O5S/c1-35-21-6-8-22(9-7-21)36(33,34)29-14-18-12-20(16-29)24-11-10-23(26(32)30(24)15-18)28-25(31)19-4-2-17(13-27)3-5-19/h2-11,18,20H,12,14-16H2,1H3,(H,28,31)/t18-,20-/m1/s1. The van der Waals surface area contributed by atoms with Crippen LogP contribution in [-0.2, 0) is 16.6 Å². The van der Waals surface area contributed by atoms with Crippen LogP contribution in [0, 0.1) is 17.2 Å². The van der Waals surface area contributed by atoms with Gasteiger partial charge in [-0.15, -0.1) is 0 Å². The number of methoxy groups -OCH3 is 1. The van der Waals surface area contributed by atoms with Crippen LogP contribution >= 0.6 is 0 Å². The Hall–Kier alpha value is -3.94. The molecular weight excluding hydrogens is 480 g/mol. The van der Waals surface area contributed by atoms with Crippen molar-refractivity contribution in [3.63, 3.8) is 0 Å². The van der Waals surface area contributed by atoms with Gasteiger partial charge in [-0.05, 0) is 73.0 Å². The molecule has 1 aromatic heterocycles. The quantitative estimate of drug-likeness (QED) is 0.570. The van der Waals surface area contributed by atoms with Crippen molar-refractivity contribution in [1.29, 1.82) is 5.26 Å². The van der Waals surface area contributed by atoms with Crippen LogP contribution in [0.25, 0.3) is 0 Å². The van der Waals surface area contributed by atoms with Crippen LogP contribution in [0.2, 0.25) is 0 Å². The first-order valence-corrected chi connectivity index (χ1v) is 12.9. The van der Waals surface area contributed by atoms with Gasteiger partial charge in [-0.1, -0.05) is 0 Å². The van der Waals surface area contributed by atoms with E-state index in [1.54, 1.807) is 53.1 Å². The smallest absolute Gasteiger partial charge is 0.274 e. The van der Waals surface area contributed by atoms with Crippen molar-refractivity contribution < 1.29 is 17.9 Å². The van der Waals surface area contributed by atoms with Gasteiger partial charge in [0.15, 0.2) is 0 Å². The minimum atomic E-state index is -3.69. The molecule has 2 aromatic carbocycles. The van der Waals surface area contributed by atoms with Gasteiger partial charge in [0.2, 0.25) is 10.0 Å². The van der Waals surface area contributed by atoms with Gasteiger partial charge < -0.3 is 14.6 Å². The number of nitrogens with zero attached hydrogens (tertiary/aromatic N) is 3. The largest absolute Gasteiger partial charge is 0.497 e. The number of nitrogens with one attached hydrogen (secondary N) is 1. The van der Waals surface area contributed by atoms with Gasteiger partial charge in [-0.3, -0.25) is 9.59 Å². The topological polar surface area (TPSA) is 122 Å². The van der Waals surface area contributed by atoms with E-state index in [1.165, 1.54) is 23.5 Å². The van der Waals surface area contributed by atoms with Crippen LogP contribution in [-0.4, -0.2) is 43.4 Å². The summed E-state index contributed by atoms with van der Waals surface area (Å²) in [6.07, 6.45) is 0.797. The molecule has 1 fully saturated rings. The number of amides is 1. The summed E-state index contributed by atoms with van der Waals surface area (Å²) in [5.41, 5.74) is 1.40. The molecule has 0 spiro atoms. The van der Waals surface area contributed by atoms with Crippen LogP contribution in [0.3, 0.4) is 0 Å². The summed E-state index contributed by atoms with van der Waals surface area (Å²) in [4.78, 5) is 26.1. The van der Waals surface area contributed by atoms with E-state index in [0.29, 0.717) is 30.0 Å². The van der Waals surface area contributed by atoms with E-state index >= 15 is 0 Å². The Kier molecular flexibility index (Phi) is 6.12. The average molecular weight is 505 g/mol. The third-order valence-corrected chi connectivity index (χ3v) is 8.64. The zero-order chi connectivity index (χ0) is 25.4. The summed E-state index contributed by atoms with van der Waals surface area (Å²) >= 11 is 0. The van der Waals surface area contributed by atoms with E-state index in [4.69, 9.17) is 10.00 Å². The highest BCUT2D eigenvalue weighted by Gasteiger charge is 2.39. The molecule has 36 heavy (non-hydrogen) atoms. The maximum Gasteiger partial charge on any atom is 0.274 e. The number of hydrogen-bond acceptors (Lipinski definition) is 6. The molecule has 1 saturated heterocycles. The van der Waals surface area contributed by atoms with Gasteiger partial charge in [0.25, 0.3) is 11.5 Å². The average Bonchev–Trinajstić information content (AvgIpc) is 2.90. The van der Waals surface area contributed by atoms with Gasteiger partial charge >= 0.3 is 0 Å². The van der Waals surface area contributed by atoms with Crippen LogP contribution < -0.4 is 15.6 Å². The Morgan fingerprint density at radius 3 is 2.42 bits per heavy atom. The molecule has 0 radical (unpaired) electrons. The van der Waals surface area contributed by atoms with Gasteiger partial charge in [0.05, 0.1) is 23.6 Å². The summed E-state index contributed by atoms with van der Waals surface area (Å²) in [7, 11) is -2.16. The first-order valence-electron chi connectivity index (χ1n) is 11.5. The van der Waals surface area contributed by atoms with Crippen molar-refractivity contribution in [3.05, 3.63) is 87.8 Å². The number of fused-ring (bicyclic) bond motifs is 4. The van der Waals surface area contributed by atoms with E-state index in [0.717, 1.165) is 12.1 Å². The van der Waals surface area contributed by atoms with Gasteiger partial charge in [-0.25, -0.2) is 8.42 Å². The molecule has 0 saturated carbocycles. The maximum atomic E-state index is 13.3. The van der Waals surface area contributed by atoms with Crippen molar-refractivity contribution in [1.82, 2.24) is 8.87 Å². The number of piperidine rings is 1. The monoisotopic (exact) mass is 504 g/mol. The normalized spacial score (nSPS) is 19.1. The van der Waals surface area contributed by atoms with E-state index in [2.05, 4.69) is 5.32 Å². The molecule has 184 valence electrons. The molecule has 5 rings (SSSR count). The number of carbonyl (C=O) groups excluding carboxylic acids is 1. The molecule has 0 unspecified atom stereocenters. The summed E-state index contributed by atoms with van der Waals surface area (Å²) in [6.45, 7) is 0.972. The van der Waals surface area contributed by atoms with E-state index in [1.807, 2.05) is 6.07 Å². The number of pyridine rings is 1. The predicted octanol–water partition coefficient (Wildman–Crippen LogP) is 2.79. The molecule has 3 aromatic rings. The Labute approximate surface area is 208 Å². The van der Waals surface area contributed by atoms with Crippen molar-refractivity contribution in [2.75, 3.05) is 25.5 Å². The lowest BCUT2D eigenvalue weighted by Crippen LogP contribution is -2.49. The second-order valence-corrected chi connectivity index (χ2v) is 11.0. The molecule has 2 aliphatic heterocycles. The van der Waals surface area contributed by atoms with Crippen LogP contribution in [0.4, 0.5) is 5.69 Å². The Balaban J connectivity index is 1.37. The summed E-state index contributed by atoms with van der Waals surface area (Å²) in [5, 5.41) is 11.6. The molecule has 0 aliphatic carbocycles. The lowest BCUT2D eigenvalue weighted by Gasteiger charge is -2.42. The first-order chi connectivity index (χ1) is 17.3. The maximum absolute atomic E-state index is 13.3. The minimum Gasteiger partial charge on any atom is -0.497 e. The summed E-state index contributed by atoms with van der Waals surface area (Å²) in [6, 6.07) is 17.9. The number of rotatable bonds is 5. The number of carbonyl (C=O) groups is 1. The molecule has 1 amide bonds. The molecule has 10 heteroatoms. The fourth-order valence-corrected chi connectivity index (χ4v) is 6.54. The minimum absolute atomic E-state index is 0.0218. The number of anilines is 1. The Morgan fingerprint density at radius 2 is 1.75 bits per heavy atom. The van der Waals surface area contributed by atoms with E-state index < -0.39 is 15.9 Å². The van der Waals surface area contributed by atoms with Crippen LogP contribution in [0.15, 0.2) is 70.4 Å². The lowest BCUT2D eigenvalue weighted by atomic mass is 9.84. The van der Waals surface area contributed by atoms with Crippen LogP contribution in [0.1, 0.15) is 34.0 Å². The fourth-order valence-electron chi connectivity index (χ4n) is 4.98. The molecule has 3 heterocycles. The van der Waals surface area contributed by atoms with E-state index in [-0.39, 0.29) is 34.5 Å². The van der Waals surface area contributed by atoms with Crippen molar-refractivity contribution in [2.24, 2.45) is 5.92 Å². The second kappa shape index (κ2) is 9.26.